The van der Waals surface area contributed by atoms with Gasteiger partial charge in [0.1, 0.15) is 11.3 Å². The molecule has 0 atom stereocenters. The highest BCUT2D eigenvalue weighted by molar-refractivity contribution is 6.30. The van der Waals surface area contributed by atoms with Gasteiger partial charge in [0, 0.05) is 11.6 Å². The molecule has 1 aromatic carbocycles. The normalized spacial score (nSPS) is 10.6. The second-order valence-corrected chi connectivity index (χ2v) is 4.39. The molecule has 0 heterocycles. The first-order valence-corrected chi connectivity index (χ1v) is 5.69. The Morgan fingerprint density at radius 1 is 1.47 bits per heavy atom. The summed E-state index contributed by atoms with van der Waals surface area (Å²) in [6.07, 6.45) is 0.832. The highest BCUT2D eigenvalue weighted by atomic mass is 35.5. The smallest absolute Gasteiger partial charge is 0.339 e. The molecule has 0 aromatic heterocycles. The monoisotopic (exact) mass is 257 g/mol. The summed E-state index contributed by atoms with van der Waals surface area (Å²) in [5, 5.41) is 9.44. The van der Waals surface area contributed by atoms with Crippen molar-refractivity contribution < 1.29 is 14.6 Å². The molecule has 0 aliphatic rings. The largest absolute Gasteiger partial charge is 0.493 e. The predicted octanol–water partition coefficient (Wildman–Crippen LogP) is 2.37. The maximum Gasteiger partial charge on any atom is 0.339 e. The van der Waals surface area contributed by atoms with Crippen LogP contribution in [0, 0.1) is 0 Å². The van der Waals surface area contributed by atoms with Crippen LogP contribution in [0.5, 0.6) is 5.75 Å². The average molecular weight is 258 g/mol. The van der Waals surface area contributed by atoms with Crippen LogP contribution in [0.3, 0.4) is 0 Å². The van der Waals surface area contributed by atoms with Crippen LogP contribution >= 0.6 is 11.6 Å². The molecule has 0 fully saturated rings. The summed E-state index contributed by atoms with van der Waals surface area (Å²) in [7, 11) is 3.95. The zero-order valence-corrected chi connectivity index (χ0v) is 10.7. The van der Waals surface area contributed by atoms with E-state index in [-0.39, 0.29) is 5.56 Å². The van der Waals surface area contributed by atoms with Gasteiger partial charge in [-0.25, -0.2) is 4.79 Å². The van der Waals surface area contributed by atoms with E-state index in [0.29, 0.717) is 17.4 Å². The number of rotatable bonds is 6. The maximum absolute atomic E-state index is 10.9. The van der Waals surface area contributed by atoms with Crippen LogP contribution in [0.2, 0.25) is 5.02 Å². The van der Waals surface area contributed by atoms with Crippen molar-refractivity contribution in [2.75, 3.05) is 27.2 Å². The molecule has 1 aromatic rings. The fourth-order valence-electron chi connectivity index (χ4n) is 1.36. The molecular formula is C12H16ClNO3. The molecule has 17 heavy (non-hydrogen) atoms. The van der Waals surface area contributed by atoms with Crippen LogP contribution in [-0.4, -0.2) is 43.2 Å². The van der Waals surface area contributed by atoms with Crippen molar-refractivity contribution in [3.05, 3.63) is 28.8 Å². The van der Waals surface area contributed by atoms with Crippen molar-refractivity contribution in [3.8, 4) is 5.75 Å². The van der Waals surface area contributed by atoms with E-state index >= 15 is 0 Å². The molecule has 0 aliphatic carbocycles. The molecule has 1 rings (SSSR count). The Labute approximate surface area is 106 Å². The quantitative estimate of drug-likeness (QED) is 0.795. The van der Waals surface area contributed by atoms with E-state index in [4.69, 9.17) is 21.4 Å². The highest BCUT2D eigenvalue weighted by Gasteiger charge is 2.11. The zero-order chi connectivity index (χ0) is 12.8. The lowest BCUT2D eigenvalue weighted by molar-refractivity contribution is 0.0692. The summed E-state index contributed by atoms with van der Waals surface area (Å²) in [6.45, 7) is 1.36. The van der Waals surface area contributed by atoms with E-state index in [9.17, 15) is 4.79 Å². The van der Waals surface area contributed by atoms with Crippen LogP contribution in [0.1, 0.15) is 16.8 Å². The van der Waals surface area contributed by atoms with Gasteiger partial charge in [0.25, 0.3) is 0 Å². The third-order valence-electron chi connectivity index (χ3n) is 2.18. The highest BCUT2D eigenvalue weighted by Crippen LogP contribution is 2.23. The van der Waals surface area contributed by atoms with E-state index in [1.54, 1.807) is 0 Å². The molecule has 4 nitrogen and oxygen atoms in total. The molecule has 0 amide bonds. The number of nitrogens with zero attached hydrogens (tertiary/aromatic N) is 1. The number of halogens is 1. The summed E-state index contributed by atoms with van der Waals surface area (Å²) in [5.41, 5.74) is 0.138. The Hall–Kier alpha value is -1.26. The Morgan fingerprint density at radius 2 is 2.18 bits per heavy atom. The molecule has 0 aliphatic heterocycles. The van der Waals surface area contributed by atoms with Crippen LogP contribution in [0.15, 0.2) is 18.2 Å². The number of hydrogen-bond donors (Lipinski definition) is 1. The van der Waals surface area contributed by atoms with Gasteiger partial charge in [-0.2, -0.15) is 0 Å². The number of carbonyl (C=O) groups is 1. The standard InChI is InChI=1S/C12H16ClNO3/c1-14(2)6-3-7-17-11-8-9(13)4-5-10(11)12(15)16/h4-5,8H,3,6-7H2,1-2H3,(H,15,16). The van der Waals surface area contributed by atoms with Gasteiger partial charge in [0.2, 0.25) is 0 Å². The van der Waals surface area contributed by atoms with Gasteiger partial charge >= 0.3 is 5.97 Å². The van der Waals surface area contributed by atoms with Gasteiger partial charge in [0.05, 0.1) is 6.61 Å². The lowest BCUT2D eigenvalue weighted by Crippen LogP contribution is -2.16. The predicted molar refractivity (Wildman–Crippen MR) is 67.1 cm³/mol. The molecule has 5 heteroatoms. The van der Waals surface area contributed by atoms with Crippen molar-refractivity contribution >= 4 is 17.6 Å². The van der Waals surface area contributed by atoms with Crippen molar-refractivity contribution in [2.45, 2.75) is 6.42 Å². The Bertz CT molecular complexity index is 393. The molecule has 0 radical (unpaired) electrons. The molecule has 0 bridgehead atoms. The van der Waals surface area contributed by atoms with Crippen LogP contribution in [0.4, 0.5) is 0 Å². The lowest BCUT2D eigenvalue weighted by atomic mass is 10.2. The molecule has 0 spiro atoms. The first-order chi connectivity index (χ1) is 8.00. The minimum absolute atomic E-state index is 0.138. The summed E-state index contributed by atoms with van der Waals surface area (Å²) >= 11 is 5.80. The number of aromatic carboxylic acids is 1. The minimum atomic E-state index is -1.01. The van der Waals surface area contributed by atoms with Gasteiger partial charge < -0.3 is 14.7 Å². The molecule has 0 unspecified atom stereocenters. The topological polar surface area (TPSA) is 49.8 Å². The summed E-state index contributed by atoms with van der Waals surface area (Å²) in [6, 6.07) is 4.52. The Kier molecular flexibility index (Phi) is 5.25. The second kappa shape index (κ2) is 6.47. The van der Waals surface area contributed by atoms with Gasteiger partial charge in [-0.05, 0) is 38.7 Å². The number of ether oxygens (including phenoxy) is 1. The van der Waals surface area contributed by atoms with Crippen molar-refractivity contribution in [1.29, 1.82) is 0 Å². The van der Waals surface area contributed by atoms with E-state index in [0.717, 1.165) is 13.0 Å². The molecule has 1 N–H and O–H groups in total. The molecule has 0 saturated carbocycles. The van der Waals surface area contributed by atoms with Crippen molar-refractivity contribution in [3.63, 3.8) is 0 Å². The van der Waals surface area contributed by atoms with Gasteiger partial charge in [-0.1, -0.05) is 11.6 Å². The fourth-order valence-corrected chi connectivity index (χ4v) is 1.52. The number of hydrogen-bond acceptors (Lipinski definition) is 3. The van der Waals surface area contributed by atoms with Gasteiger partial charge in [-0.15, -0.1) is 0 Å². The summed E-state index contributed by atoms with van der Waals surface area (Å²) < 4.78 is 5.44. The summed E-state index contributed by atoms with van der Waals surface area (Å²) in [5.74, 6) is -0.687. The third kappa shape index (κ3) is 4.63. The van der Waals surface area contributed by atoms with E-state index in [2.05, 4.69) is 0 Å². The first kappa shape index (κ1) is 13.8. The first-order valence-electron chi connectivity index (χ1n) is 5.31. The second-order valence-electron chi connectivity index (χ2n) is 3.95. The Morgan fingerprint density at radius 3 is 2.76 bits per heavy atom. The third-order valence-corrected chi connectivity index (χ3v) is 2.42. The molecular weight excluding hydrogens is 242 g/mol. The number of carboxylic acids is 1. The average Bonchev–Trinajstić information content (AvgIpc) is 2.23. The Balaban J connectivity index is 2.62. The van der Waals surface area contributed by atoms with E-state index in [1.807, 2.05) is 19.0 Å². The van der Waals surface area contributed by atoms with Gasteiger partial charge in [0.15, 0.2) is 0 Å². The minimum Gasteiger partial charge on any atom is -0.493 e. The summed E-state index contributed by atoms with van der Waals surface area (Å²) in [4.78, 5) is 13.0. The maximum atomic E-state index is 10.9. The van der Waals surface area contributed by atoms with Crippen molar-refractivity contribution in [2.24, 2.45) is 0 Å². The van der Waals surface area contributed by atoms with Crippen LogP contribution in [-0.2, 0) is 0 Å². The van der Waals surface area contributed by atoms with Crippen molar-refractivity contribution in [1.82, 2.24) is 4.90 Å². The van der Waals surface area contributed by atoms with E-state index < -0.39 is 5.97 Å². The fraction of sp³-hybridized carbons (Fsp3) is 0.417. The van der Waals surface area contributed by atoms with Crippen LogP contribution in [0.25, 0.3) is 0 Å². The SMILES string of the molecule is CN(C)CCCOc1cc(Cl)ccc1C(=O)O. The van der Waals surface area contributed by atoms with Gasteiger partial charge in [-0.3, -0.25) is 0 Å². The van der Waals surface area contributed by atoms with E-state index in [1.165, 1.54) is 18.2 Å². The number of benzene rings is 1. The molecule has 0 saturated heterocycles. The van der Waals surface area contributed by atoms with Crippen LogP contribution < -0.4 is 4.74 Å². The molecule has 94 valence electrons. The number of carboxylic acid groups (broad SMARTS) is 1. The zero-order valence-electron chi connectivity index (χ0n) is 9.94. The lowest BCUT2D eigenvalue weighted by Gasteiger charge is -2.12.